The van der Waals surface area contributed by atoms with Crippen molar-refractivity contribution in [3.05, 3.63) is 58.7 Å². The Balaban J connectivity index is 0.000000224. The van der Waals surface area contributed by atoms with E-state index in [1.807, 2.05) is 26.0 Å². The molecule has 2 heterocycles. The number of anilines is 2. The maximum absolute atomic E-state index is 12.3. The van der Waals surface area contributed by atoms with Crippen LogP contribution in [-0.2, 0) is 17.9 Å². The summed E-state index contributed by atoms with van der Waals surface area (Å²) in [7, 11) is 1.76. The molecule has 2 aromatic rings. The second-order valence-corrected chi connectivity index (χ2v) is 7.28. The van der Waals surface area contributed by atoms with Crippen molar-refractivity contribution in [2.24, 2.45) is 0 Å². The number of carbonyl (C=O) groups is 3. The smallest absolute Gasteiger partial charge is 0.275 e. The Labute approximate surface area is 197 Å². The first-order valence-electron chi connectivity index (χ1n) is 10.8. The summed E-state index contributed by atoms with van der Waals surface area (Å²) in [5, 5.41) is 12.8. The maximum atomic E-state index is 12.3. The molecule has 0 bridgehead atoms. The number of hydrogen-bond acceptors (Lipinski definition) is 7. The Bertz CT molecular complexity index is 1050. The van der Waals surface area contributed by atoms with Crippen LogP contribution in [0.5, 0.6) is 0 Å². The molecular formula is C23H31FN6O4. The average Bonchev–Trinajstić information content (AvgIpc) is 3.14. The largest absolute Gasteiger partial charge is 0.398 e. The van der Waals surface area contributed by atoms with Crippen molar-refractivity contribution in [3.8, 4) is 0 Å². The summed E-state index contributed by atoms with van der Waals surface area (Å²) in [5.41, 5.74) is 17.2. The molecule has 3 amide bonds. The van der Waals surface area contributed by atoms with Crippen LogP contribution in [0.15, 0.2) is 36.4 Å². The first-order valence-corrected chi connectivity index (χ1v) is 10.8. The van der Waals surface area contributed by atoms with E-state index in [4.69, 9.17) is 16.6 Å². The van der Waals surface area contributed by atoms with Crippen molar-refractivity contribution in [2.45, 2.75) is 26.9 Å². The predicted octanol–water partition coefficient (Wildman–Crippen LogP) is 1.32. The van der Waals surface area contributed by atoms with Gasteiger partial charge in [0.05, 0.1) is 24.2 Å². The molecule has 10 nitrogen and oxygen atoms in total. The normalized spacial score (nSPS) is 14.4. The zero-order chi connectivity index (χ0) is 25.4. The number of alkyl halides is 1. The molecule has 6 N–H and O–H groups in total. The van der Waals surface area contributed by atoms with E-state index < -0.39 is 19.2 Å². The summed E-state index contributed by atoms with van der Waals surface area (Å²) in [4.78, 5) is 34.9. The number of fused-ring (bicyclic) bond motifs is 2. The molecule has 184 valence electrons. The number of carbonyl (C=O) groups excluding carboxylic acids is 3. The van der Waals surface area contributed by atoms with Gasteiger partial charge in [0.1, 0.15) is 13.3 Å². The van der Waals surface area contributed by atoms with E-state index in [1.165, 1.54) is 5.01 Å². The van der Waals surface area contributed by atoms with E-state index >= 15 is 0 Å². The number of hydrogen-bond donors (Lipinski definition) is 4. The van der Waals surface area contributed by atoms with Gasteiger partial charge in [0, 0.05) is 25.0 Å². The number of rotatable bonds is 4. The molecule has 0 saturated heterocycles. The van der Waals surface area contributed by atoms with E-state index in [0.717, 1.165) is 16.1 Å². The standard InChI is InChI=1S/C11H14FN3O.C10H11N3O3.C2H6/c1-14-7-8-3-2-4-9(13)10(8)11(16)15(14)6-5-12;11-7-3-1-2-6-4-13(10(16)9(6)7)12-8(15)5-14;1-2/h2-4H,5-7,13H2,1H3;1-3,14H,4-5,11H2,(H,12,15);1-2H3. The highest BCUT2D eigenvalue weighted by Crippen LogP contribution is 2.27. The van der Waals surface area contributed by atoms with Crippen molar-refractivity contribution in [3.63, 3.8) is 0 Å². The molecule has 0 aliphatic carbocycles. The first kappa shape index (κ1) is 26.6. The molecule has 0 radical (unpaired) electrons. The highest BCUT2D eigenvalue weighted by molar-refractivity contribution is 6.03. The molecule has 0 aromatic heterocycles. The van der Waals surface area contributed by atoms with E-state index in [-0.39, 0.29) is 24.9 Å². The van der Waals surface area contributed by atoms with Gasteiger partial charge < -0.3 is 16.6 Å². The van der Waals surface area contributed by atoms with Gasteiger partial charge in [-0.25, -0.2) is 14.4 Å². The minimum atomic E-state index is -0.657. The third kappa shape index (κ3) is 5.61. The van der Waals surface area contributed by atoms with E-state index in [0.29, 0.717) is 29.0 Å². The lowest BCUT2D eigenvalue weighted by Gasteiger charge is -2.36. The quantitative estimate of drug-likeness (QED) is 0.489. The molecule has 0 unspecified atom stereocenters. The van der Waals surface area contributed by atoms with Crippen LogP contribution < -0.4 is 16.9 Å². The van der Waals surface area contributed by atoms with Crippen LogP contribution in [0.4, 0.5) is 15.8 Å². The Morgan fingerprint density at radius 2 is 1.53 bits per heavy atom. The van der Waals surface area contributed by atoms with Crippen LogP contribution in [-0.4, -0.2) is 64.7 Å². The van der Waals surface area contributed by atoms with Crippen LogP contribution in [0.2, 0.25) is 0 Å². The fraction of sp³-hybridized carbons (Fsp3) is 0.348. The van der Waals surface area contributed by atoms with Gasteiger partial charge >= 0.3 is 0 Å². The molecule has 0 fully saturated rings. The number of nitrogens with zero attached hydrogens (tertiary/aromatic N) is 3. The van der Waals surface area contributed by atoms with Gasteiger partial charge in [0.2, 0.25) is 0 Å². The summed E-state index contributed by atoms with van der Waals surface area (Å²) in [5.74, 6) is -1.20. The van der Waals surface area contributed by atoms with Gasteiger partial charge in [-0.1, -0.05) is 38.1 Å². The van der Waals surface area contributed by atoms with Crippen LogP contribution in [0.1, 0.15) is 45.7 Å². The van der Waals surface area contributed by atoms with Gasteiger partial charge in [0.15, 0.2) is 0 Å². The Morgan fingerprint density at radius 1 is 1.00 bits per heavy atom. The van der Waals surface area contributed by atoms with Crippen molar-refractivity contribution in [1.29, 1.82) is 0 Å². The monoisotopic (exact) mass is 474 g/mol. The van der Waals surface area contributed by atoms with E-state index in [9.17, 15) is 18.8 Å². The number of amides is 3. The average molecular weight is 475 g/mol. The second kappa shape index (κ2) is 12.0. The Morgan fingerprint density at radius 3 is 2.03 bits per heavy atom. The number of nitrogens with two attached hydrogens (primary N) is 2. The van der Waals surface area contributed by atoms with Gasteiger partial charge in [-0.2, -0.15) is 0 Å². The van der Waals surface area contributed by atoms with Crippen LogP contribution >= 0.6 is 0 Å². The lowest BCUT2D eigenvalue weighted by Crippen LogP contribution is -2.48. The Hall–Kier alpha value is -3.70. The van der Waals surface area contributed by atoms with Gasteiger partial charge in [-0.3, -0.25) is 24.8 Å². The SMILES string of the molecule is CC.CN1Cc2cccc(N)c2C(=O)N1CCF.Nc1cccc2c1C(=O)N(NC(=O)CO)C2. The number of aliphatic hydroxyl groups is 1. The number of hydrazine groups is 2. The van der Waals surface area contributed by atoms with Crippen LogP contribution in [0.25, 0.3) is 0 Å². The predicted molar refractivity (Wildman–Crippen MR) is 127 cm³/mol. The molecule has 0 atom stereocenters. The molecule has 2 aliphatic heterocycles. The van der Waals surface area contributed by atoms with Crippen molar-refractivity contribution >= 4 is 29.1 Å². The maximum Gasteiger partial charge on any atom is 0.275 e. The van der Waals surface area contributed by atoms with Crippen LogP contribution in [0, 0.1) is 0 Å². The third-order valence-electron chi connectivity index (χ3n) is 5.11. The molecule has 4 rings (SSSR count). The summed E-state index contributed by atoms with van der Waals surface area (Å²) < 4.78 is 12.3. The Kier molecular flexibility index (Phi) is 9.34. The van der Waals surface area contributed by atoms with Crippen LogP contribution in [0.3, 0.4) is 0 Å². The number of benzene rings is 2. The lowest BCUT2D eigenvalue weighted by atomic mass is 10.0. The third-order valence-corrected chi connectivity index (χ3v) is 5.11. The van der Waals surface area contributed by atoms with Gasteiger partial charge in [-0.15, -0.1) is 0 Å². The van der Waals surface area contributed by atoms with Crippen molar-refractivity contribution < 1.29 is 23.9 Å². The first-order chi connectivity index (χ1) is 16.3. The zero-order valence-electron chi connectivity index (χ0n) is 19.5. The fourth-order valence-corrected chi connectivity index (χ4v) is 3.65. The molecule has 34 heavy (non-hydrogen) atoms. The number of halogens is 1. The minimum Gasteiger partial charge on any atom is -0.398 e. The second-order valence-electron chi connectivity index (χ2n) is 7.28. The van der Waals surface area contributed by atoms with E-state index in [2.05, 4.69) is 5.43 Å². The molecule has 2 aliphatic rings. The molecule has 2 aromatic carbocycles. The van der Waals surface area contributed by atoms with Crippen molar-refractivity contribution in [2.75, 3.05) is 38.3 Å². The highest BCUT2D eigenvalue weighted by atomic mass is 19.1. The summed E-state index contributed by atoms with van der Waals surface area (Å²) in [6.45, 7) is 3.70. The number of nitrogen functional groups attached to an aromatic ring is 2. The van der Waals surface area contributed by atoms with Gasteiger partial charge in [0.25, 0.3) is 17.7 Å². The van der Waals surface area contributed by atoms with Crippen molar-refractivity contribution in [1.82, 2.24) is 20.5 Å². The molecule has 0 saturated carbocycles. The summed E-state index contributed by atoms with van der Waals surface area (Å²) >= 11 is 0. The summed E-state index contributed by atoms with van der Waals surface area (Å²) in [6.07, 6.45) is 0. The zero-order valence-corrected chi connectivity index (χ0v) is 19.5. The van der Waals surface area contributed by atoms with E-state index in [1.54, 1.807) is 36.3 Å². The highest BCUT2D eigenvalue weighted by Gasteiger charge is 2.31. The molecule has 0 spiro atoms. The summed E-state index contributed by atoms with van der Waals surface area (Å²) in [6, 6.07) is 10.5. The topological polar surface area (TPSA) is 145 Å². The lowest BCUT2D eigenvalue weighted by molar-refractivity contribution is -0.127. The molecular weight excluding hydrogens is 443 g/mol. The van der Waals surface area contributed by atoms with Gasteiger partial charge in [-0.05, 0) is 23.3 Å². The molecule has 11 heteroatoms. The minimum absolute atomic E-state index is 0.0725. The number of aliphatic hydroxyl groups excluding tert-OH is 1. The fourth-order valence-electron chi connectivity index (χ4n) is 3.65. The number of nitrogens with one attached hydrogen (secondary N) is 1.